The molecule has 5 heteroatoms. The fraction of sp³-hybridized carbons (Fsp3) is 0.467. The van der Waals surface area contributed by atoms with Crippen molar-refractivity contribution in [1.82, 2.24) is 10.2 Å². The molecule has 0 radical (unpaired) electrons. The summed E-state index contributed by atoms with van der Waals surface area (Å²) in [6.07, 6.45) is 4.08. The number of alkyl halides is 1. The number of ether oxygens (including phenoxy) is 1. The van der Waals surface area contributed by atoms with Crippen LogP contribution >= 0.6 is 22.9 Å². The predicted octanol–water partition coefficient (Wildman–Crippen LogP) is 4.56. The Hall–Kier alpha value is -1.13. The van der Waals surface area contributed by atoms with Crippen LogP contribution in [0.1, 0.15) is 31.2 Å². The van der Waals surface area contributed by atoms with Crippen LogP contribution in [0.4, 0.5) is 0 Å². The number of aromatic nitrogens is 2. The smallest absolute Gasteiger partial charge is 0.147 e. The molecule has 20 heavy (non-hydrogen) atoms. The number of aryl methyl sites for hydroxylation is 1. The molecule has 0 unspecified atom stereocenters. The first-order valence-corrected chi connectivity index (χ1v) is 8.30. The van der Waals surface area contributed by atoms with Crippen molar-refractivity contribution in [3.63, 3.8) is 0 Å². The van der Waals surface area contributed by atoms with Gasteiger partial charge in [0.1, 0.15) is 15.8 Å². The monoisotopic (exact) mass is 310 g/mol. The van der Waals surface area contributed by atoms with Gasteiger partial charge in [-0.05, 0) is 37.1 Å². The molecule has 0 atom stereocenters. The molecule has 1 aromatic heterocycles. The molecule has 0 aliphatic rings. The number of unbranched alkanes of at least 4 members (excludes halogenated alkanes) is 1. The first kappa shape index (κ1) is 15.3. The minimum absolute atomic E-state index is 0.665. The van der Waals surface area contributed by atoms with Crippen molar-refractivity contribution in [3.8, 4) is 16.3 Å². The highest BCUT2D eigenvalue weighted by atomic mass is 35.5. The van der Waals surface area contributed by atoms with Crippen molar-refractivity contribution in [2.24, 2.45) is 0 Å². The zero-order valence-corrected chi connectivity index (χ0v) is 13.2. The fourth-order valence-corrected chi connectivity index (χ4v) is 2.74. The van der Waals surface area contributed by atoms with Gasteiger partial charge in [-0.1, -0.05) is 24.7 Å². The van der Waals surface area contributed by atoms with Gasteiger partial charge < -0.3 is 4.74 Å². The van der Waals surface area contributed by atoms with Crippen molar-refractivity contribution < 1.29 is 4.74 Å². The molecule has 1 heterocycles. The van der Waals surface area contributed by atoms with Gasteiger partial charge in [-0.3, -0.25) is 0 Å². The average molecular weight is 311 g/mol. The number of hydrogen-bond acceptors (Lipinski definition) is 4. The lowest BCUT2D eigenvalue weighted by Crippen LogP contribution is -1.95. The summed E-state index contributed by atoms with van der Waals surface area (Å²) in [4.78, 5) is 0. The fourth-order valence-electron chi connectivity index (χ4n) is 1.72. The lowest BCUT2D eigenvalue weighted by Gasteiger charge is -2.05. The van der Waals surface area contributed by atoms with Crippen LogP contribution < -0.4 is 4.74 Å². The molecular formula is C15H19ClN2OS. The Kier molecular flexibility index (Phi) is 6.27. The van der Waals surface area contributed by atoms with E-state index in [0.29, 0.717) is 5.88 Å². The van der Waals surface area contributed by atoms with E-state index in [1.807, 2.05) is 24.3 Å². The van der Waals surface area contributed by atoms with Crippen LogP contribution in [0.5, 0.6) is 5.75 Å². The second-order valence-electron chi connectivity index (χ2n) is 4.52. The van der Waals surface area contributed by atoms with E-state index in [0.717, 1.165) is 53.6 Å². The van der Waals surface area contributed by atoms with Gasteiger partial charge in [-0.25, -0.2) is 0 Å². The van der Waals surface area contributed by atoms with Crippen LogP contribution in [0, 0.1) is 0 Å². The van der Waals surface area contributed by atoms with Crippen molar-refractivity contribution in [3.05, 3.63) is 29.3 Å². The number of benzene rings is 1. The topological polar surface area (TPSA) is 35.0 Å². The molecule has 2 rings (SSSR count). The van der Waals surface area contributed by atoms with Crippen molar-refractivity contribution >= 4 is 22.9 Å². The summed E-state index contributed by atoms with van der Waals surface area (Å²) in [5.41, 5.74) is 1.09. The van der Waals surface area contributed by atoms with E-state index in [1.54, 1.807) is 11.3 Å². The maximum atomic E-state index is 5.69. The van der Waals surface area contributed by atoms with E-state index >= 15 is 0 Å². The first-order chi connectivity index (χ1) is 9.83. The van der Waals surface area contributed by atoms with Crippen LogP contribution in [0.2, 0.25) is 0 Å². The molecule has 0 aliphatic heterocycles. The summed E-state index contributed by atoms with van der Waals surface area (Å²) in [6, 6.07) is 8.05. The summed E-state index contributed by atoms with van der Waals surface area (Å²) in [7, 11) is 0. The van der Waals surface area contributed by atoms with Crippen molar-refractivity contribution in [2.75, 3.05) is 12.5 Å². The van der Waals surface area contributed by atoms with Crippen molar-refractivity contribution in [1.29, 1.82) is 0 Å². The second kappa shape index (κ2) is 8.22. The SMILES string of the molecule is CCCCOc1ccc(-c2nnc(CCCCl)s2)cc1. The molecule has 0 aliphatic carbocycles. The van der Waals surface area contributed by atoms with Gasteiger partial charge in [0.25, 0.3) is 0 Å². The van der Waals surface area contributed by atoms with Gasteiger partial charge in [-0.2, -0.15) is 0 Å². The molecule has 0 N–H and O–H groups in total. The molecular weight excluding hydrogens is 292 g/mol. The third-order valence-electron chi connectivity index (χ3n) is 2.86. The van der Waals surface area contributed by atoms with E-state index in [1.165, 1.54) is 0 Å². The quantitative estimate of drug-likeness (QED) is 0.530. The van der Waals surface area contributed by atoms with E-state index in [9.17, 15) is 0 Å². The third kappa shape index (κ3) is 4.46. The Balaban J connectivity index is 1.96. The number of rotatable bonds is 8. The molecule has 0 spiro atoms. The summed E-state index contributed by atoms with van der Waals surface area (Å²) in [6.45, 7) is 2.93. The summed E-state index contributed by atoms with van der Waals surface area (Å²) < 4.78 is 5.65. The highest BCUT2D eigenvalue weighted by Crippen LogP contribution is 2.26. The average Bonchev–Trinajstić information content (AvgIpc) is 2.95. The standard InChI is InChI=1S/C15H19ClN2OS/c1-2-3-11-19-13-8-6-12(7-9-13)15-18-17-14(20-15)5-4-10-16/h6-9H,2-5,10-11H2,1H3. The van der Waals surface area contributed by atoms with E-state index < -0.39 is 0 Å². The zero-order chi connectivity index (χ0) is 14.2. The summed E-state index contributed by atoms with van der Waals surface area (Å²) in [5.74, 6) is 1.58. The Morgan fingerprint density at radius 2 is 1.95 bits per heavy atom. The van der Waals surface area contributed by atoms with E-state index in [4.69, 9.17) is 16.3 Å². The molecule has 0 saturated heterocycles. The van der Waals surface area contributed by atoms with Crippen LogP contribution in [-0.4, -0.2) is 22.7 Å². The zero-order valence-electron chi connectivity index (χ0n) is 11.6. The van der Waals surface area contributed by atoms with Gasteiger partial charge in [-0.15, -0.1) is 21.8 Å². The molecule has 2 aromatic rings. The number of halogens is 1. The third-order valence-corrected chi connectivity index (χ3v) is 4.16. The van der Waals surface area contributed by atoms with Gasteiger partial charge >= 0.3 is 0 Å². The molecule has 0 amide bonds. The Labute approximate surface area is 129 Å². The summed E-state index contributed by atoms with van der Waals surface area (Å²) in [5, 5.41) is 10.4. The highest BCUT2D eigenvalue weighted by molar-refractivity contribution is 7.14. The maximum Gasteiger partial charge on any atom is 0.147 e. The predicted molar refractivity (Wildman–Crippen MR) is 84.8 cm³/mol. The lowest BCUT2D eigenvalue weighted by molar-refractivity contribution is 0.309. The van der Waals surface area contributed by atoms with Crippen LogP contribution in [0.15, 0.2) is 24.3 Å². The minimum atomic E-state index is 0.665. The lowest BCUT2D eigenvalue weighted by atomic mass is 10.2. The van der Waals surface area contributed by atoms with Gasteiger partial charge in [0.05, 0.1) is 6.61 Å². The number of hydrogen-bond donors (Lipinski definition) is 0. The van der Waals surface area contributed by atoms with E-state index in [2.05, 4.69) is 17.1 Å². The number of nitrogens with zero attached hydrogens (tertiary/aromatic N) is 2. The first-order valence-electron chi connectivity index (χ1n) is 6.95. The molecule has 0 saturated carbocycles. The second-order valence-corrected chi connectivity index (χ2v) is 5.96. The molecule has 108 valence electrons. The van der Waals surface area contributed by atoms with Gasteiger partial charge in [0, 0.05) is 17.9 Å². The van der Waals surface area contributed by atoms with Crippen LogP contribution in [0.25, 0.3) is 10.6 Å². The molecule has 0 bridgehead atoms. The molecule has 1 aromatic carbocycles. The Morgan fingerprint density at radius 1 is 1.15 bits per heavy atom. The van der Waals surface area contributed by atoms with E-state index in [-0.39, 0.29) is 0 Å². The maximum absolute atomic E-state index is 5.69. The van der Waals surface area contributed by atoms with Crippen molar-refractivity contribution in [2.45, 2.75) is 32.6 Å². The van der Waals surface area contributed by atoms with Gasteiger partial charge in [0.2, 0.25) is 0 Å². The highest BCUT2D eigenvalue weighted by Gasteiger charge is 2.06. The largest absolute Gasteiger partial charge is 0.494 e. The summed E-state index contributed by atoms with van der Waals surface area (Å²) >= 11 is 7.32. The Morgan fingerprint density at radius 3 is 2.65 bits per heavy atom. The van der Waals surface area contributed by atoms with Crippen LogP contribution in [-0.2, 0) is 6.42 Å². The minimum Gasteiger partial charge on any atom is -0.494 e. The Bertz CT molecular complexity index is 513. The normalized spacial score (nSPS) is 10.7. The van der Waals surface area contributed by atoms with Crippen LogP contribution in [0.3, 0.4) is 0 Å². The molecule has 3 nitrogen and oxygen atoms in total. The molecule has 0 fully saturated rings. The van der Waals surface area contributed by atoms with Gasteiger partial charge in [0.15, 0.2) is 0 Å².